The van der Waals surface area contributed by atoms with E-state index in [2.05, 4.69) is 5.32 Å². The third-order valence-electron chi connectivity index (χ3n) is 2.05. The van der Waals surface area contributed by atoms with Gasteiger partial charge in [-0.15, -0.1) is 0 Å². The number of furan rings is 1. The molecule has 102 valence electrons. The molecular formula is C12H14N2O5. The van der Waals surface area contributed by atoms with Crippen molar-refractivity contribution < 1.29 is 23.5 Å². The molecule has 7 nitrogen and oxygen atoms in total. The lowest BCUT2D eigenvalue weighted by Gasteiger charge is -2.10. The fraction of sp³-hybridized carbons (Fsp3) is 0.250. The van der Waals surface area contributed by atoms with Crippen molar-refractivity contribution in [3.05, 3.63) is 30.2 Å². The number of hydrogen-bond acceptors (Lipinski definition) is 5. The van der Waals surface area contributed by atoms with Crippen LogP contribution in [-0.4, -0.2) is 31.1 Å². The molecule has 1 heterocycles. The molecule has 0 bridgehead atoms. The van der Waals surface area contributed by atoms with E-state index in [0.717, 1.165) is 6.08 Å². The van der Waals surface area contributed by atoms with Gasteiger partial charge in [-0.2, -0.15) is 0 Å². The van der Waals surface area contributed by atoms with Crippen LogP contribution in [0, 0.1) is 0 Å². The lowest BCUT2D eigenvalue weighted by Crippen LogP contribution is -2.43. The molecule has 0 aromatic carbocycles. The van der Waals surface area contributed by atoms with Crippen LogP contribution in [0.15, 0.2) is 28.9 Å². The normalized spacial score (nSPS) is 11.9. The number of urea groups is 1. The minimum absolute atomic E-state index is 0.486. The van der Waals surface area contributed by atoms with Crippen molar-refractivity contribution in [3.63, 3.8) is 0 Å². The van der Waals surface area contributed by atoms with Crippen LogP contribution in [0.1, 0.15) is 12.7 Å². The summed E-state index contributed by atoms with van der Waals surface area (Å²) >= 11 is 0. The Morgan fingerprint density at radius 3 is 2.74 bits per heavy atom. The zero-order valence-electron chi connectivity index (χ0n) is 10.5. The van der Waals surface area contributed by atoms with Gasteiger partial charge in [0.15, 0.2) is 6.10 Å². The maximum Gasteiger partial charge on any atom is 0.331 e. The molecule has 0 aliphatic rings. The second-order valence-corrected chi connectivity index (χ2v) is 3.50. The quantitative estimate of drug-likeness (QED) is 0.617. The number of hydrogen-bond donors (Lipinski definition) is 2. The lowest BCUT2D eigenvalue weighted by atomic mass is 10.3. The van der Waals surface area contributed by atoms with Crippen LogP contribution in [0.3, 0.4) is 0 Å². The van der Waals surface area contributed by atoms with Gasteiger partial charge in [0.25, 0.3) is 5.91 Å². The highest BCUT2D eigenvalue weighted by Gasteiger charge is 2.18. The van der Waals surface area contributed by atoms with Gasteiger partial charge in [0.05, 0.1) is 6.26 Å². The molecule has 19 heavy (non-hydrogen) atoms. The van der Waals surface area contributed by atoms with Gasteiger partial charge in [-0.1, -0.05) is 0 Å². The molecular weight excluding hydrogens is 252 g/mol. The average molecular weight is 266 g/mol. The fourth-order valence-corrected chi connectivity index (χ4v) is 1.08. The molecule has 0 aliphatic heterocycles. The fourth-order valence-electron chi connectivity index (χ4n) is 1.08. The molecule has 0 saturated heterocycles. The van der Waals surface area contributed by atoms with E-state index < -0.39 is 24.0 Å². The second-order valence-electron chi connectivity index (χ2n) is 3.50. The SMILES string of the molecule is CNC(=O)NC(=O)[C@@H](C)OC(=O)/C=C/c1ccco1. The Morgan fingerprint density at radius 1 is 1.42 bits per heavy atom. The van der Waals surface area contributed by atoms with Crippen LogP contribution in [0.5, 0.6) is 0 Å². The Balaban J connectivity index is 2.43. The van der Waals surface area contributed by atoms with Crippen molar-refractivity contribution in [2.24, 2.45) is 0 Å². The monoisotopic (exact) mass is 266 g/mol. The largest absolute Gasteiger partial charge is 0.465 e. The number of esters is 1. The zero-order chi connectivity index (χ0) is 14.3. The van der Waals surface area contributed by atoms with Crippen molar-refractivity contribution in [2.45, 2.75) is 13.0 Å². The molecule has 0 fully saturated rings. The number of ether oxygens (including phenoxy) is 1. The number of imide groups is 1. The molecule has 0 unspecified atom stereocenters. The first kappa shape index (κ1) is 14.5. The summed E-state index contributed by atoms with van der Waals surface area (Å²) in [5.74, 6) is -0.936. The maximum atomic E-state index is 11.4. The first-order valence-corrected chi connectivity index (χ1v) is 5.47. The number of nitrogens with one attached hydrogen (secondary N) is 2. The molecule has 7 heteroatoms. The van der Waals surface area contributed by atoms with Crippen LogP contribution >= 0.6 is 0 Å². The van der Waals surface area contributed by atoms with Gasteiger partial charge in [-0.3, -0.25) is 10.1 Å². The van der Waals surface area contributed by atoms with E-state index in [4.69, 9.17) is 9.15 Å². The minimum Gasteiger partial charge on any atom is -0.465 e. The Labute approximate surface area is 109 Å². The van der Waals surface area contributed by atoms with Crippen molar-refractivity contribution in [2.75, 3.05) is 7.05 Å². The number of carbonyl (C=O) groups excluding carboxylic acids is 3. The van der Waals surface area contributed by atoms with Gasteiger partial charge in [-0.05, 0) is 25.1 Å². The Morgan fingerprint density at radius 2 is 2.16 bits per heavy atom. The van der Waals surface area contributed by atoms with Gasteiger partial charge in [0.2, 0.25) is 0 Å². The second kappa shape index (κ2) is 7.00. The average Bonchev–Trinajstić information content (AvgIpc) is 2.89. The van der Waals surface area contributed by atoms with Crippen LogP contribution < -0.4 is 10.6 Å². The molecule has 0 radical (unpaired) electrons. The summed E-state index contributed by atoms with van der Waals surface area (Å²) in [6.45, 7) is 1.36. The molecule has 1 aromatic heterocycles. The van der Waals surface area contributed by atoms with Crippen molar-refractivity contribution >= 4 is 24.0 Å². The van der Waals surface area contributed by atoms with Gasteiger partial charge < -0.3 is 14.5 Å². The first-order valence-electron chi connectivity index (χ1n) is 5.47. The zero-order valence-corrected chi connectivity index (χ0v) is 10.5. The summed E-state index contributed by atoms with van der Waals surface area (Å²) in [4.78, 5) is 33.6. The molecule has 1 rings (SSSR count). The summed E-state index contributed by atoms with van der Waals surface area (Å²) in [6, 6.07) is 2.66. The third-order valence-corrected chi connectivity index (χ3v) is 2.05. The summed E-state index contributed by atoms with van der Waals surface area (Å²) in [5, 5.41) is 4.21. The summed E-state index contributed by atoms with van der Waals surface area (Å²) in [5.41, 5.74) is 0. The molecule has 3 amide bonds. The third kappa shape index (κ3) is 5.07. The van der Waals surface area contributed by atoms with Gasteiger partial charge in [0.1, 0.15) is 5.76 Å². The Hall–Kier alpha value is -2.57. The van der Waals surface area contributed by atoms with Gasteiger partial charge >= 0.3 is 12.0 Å². The highest BCUT2D eigenvalue weighted by atomic mass is 16.5. The number of amides is 3. The molecule has 2 N–H and O–H groups in total. The van der Waals surface area contributed by atoms with E-state index in [0.29, 0.717) is 5.76 Å². The summed E-state index contributed by atoms with van der Waals surface area (Å²) in [6.07, 6.45) is 2.92. The van der Waals surface area contributed by atoms with Gasteiger partial charge in [0, 0.05) is 13.1 Å². The predicted octanol–water partition coefficient (Wildman–Crippen LogP) is 0.680. The van der Waals surface area contributed by atoms with E-state index in [-0.39, 0.29) is 0 Å². The standard InChI is InChI=1S/C12H14N2O5/c1-8(11(16)14-12(17)13-2)19-10(15)6-5-9-4-3-7-18-9/h3-8H,1-2H3,(H2,13,14,16,17)/b6-5+/t8-/m1/s1. The van der Waals surface area contributed by atoms with Crippen molar-refractivity contribution in [1.29, 1.82) is 0 Å². The van der Waals surface area contributed by atoms with Crippen molar-refractivity contribution in [1.82, 2.24) is 10.6 Å². The maximum absolute atomic E-state index is 11.4. The van der Waals surface area contributed by atoms with E-state index in [1.165, 1.54) is 26.3 Å². The molecule has 1 atom stereocenters. The predicted molar refractivity (Wildman–Crippen MR) is 65.9 cm³/mol. The Kier molecular flexibility index (Phi) is 5.34. The summed E-state index contributed by atoms with van der Waals surface area (Å²) in [7, 11) is 1.37. The molecule has 0 spiro atoms. The lowest BCUT2D eigenvalue weighted by molar-refractivity contribution is -0.149. The smallest absolute Gasteiger partial charge is 0.331 e. The topological polar surface area (TPSA) is 97.6 Å². The Bertz CT molecular complexity index is 478. The molecule has 0 aliphatic carbocycles. The van der Waals surface area contributed by atoms with Crippen molar-refractivity contribution in [3.8, 4) is 0 Å². The van der Waals surface area contributed by atoms with E-state index in [1.54, 1.807) is 12.1 Å². The highest BCUT2D eigenvalue weighted by Crippen LogP contribution is 2.03. The molecule has 1 aromatic rings. The van der Waals surface area contributed by atoms with Gasteiger partial charge in [-0.25, -0.2) is 9.59 Å². The van der Waals surface area contributed by atoms with Crippen LogP contribution in [0.2, 0.25) is 0 Å². The molecule has 0 saturated carbocycles. The summed E-state index contributed by atoms with van der Waals surface area (Å²) < 4.78 is 9.77. The van der Waals surface area contributed by atoms with Crippen LogP contribution in [-0.2, 0) is 14.3 Å². The van der Waals surface area contributed by atoms with E-state index in [9.17, 15) is 14.4 Å². The first-order chi connectivity index (χ1) is 9.02. The van der Waals surface area contributed by atoms with Crippen LogP contribution in [0.25, 0.3) is 6.08 Å². The van der Waals surface area contributed by atoms with Crippen LogP contribution in [0.4, 0.5) is 4.79 Å². The van der Waals surface area contributed by atoms with E-state index in [1.807, 2.05) is 5.32 Å². The van der Waals surface area contributed by atoms with E-state index >= 15 is 0 Å². The minimum atomic E-state index is -1.08. The number of rotatable bonds is 4. The number of carbonyl (C=O) groups is 3. The highest BCUT2D eigenvalue weighted by molar-refractivity contribution is 5.97.